The van der Waals surface area contributed by atoms with Crippen molar-refractivity contribution >= 4 is 67.7 Å². The summed E-state index contributed by atoms with van der Waals surface area (Å²) in [6.07, 6.45) is 3.91. The second-order valence-electron chi connectivity index (χ2n) is 16.9. The minimum Gasteiger partial charge on any atom is -0.492 e. The van der Waals surface area contributed by atoms with E-state index in [-0.39, 0.29) is 55.0 Å². The van der Waals surface area contributed by atoms with Crippen LogP contribution in [0.15, 0.2) is 58.3 Å². The van der Waals surface area contributed by atoms with Crippen LogP contribution in [0.2, 0.25) is 0 Å². The molecule has 19 nitrogen and oxygen atoms in total. The number of primary amides is 1. The number of imide groups is 1. The molecule has 1 atom stereocenters. The average molecular weight is 867 g/mol. The van der Waals surface area contributed by atoms with Crippen LogP contribution < -0.4 is 26.0 Å². The summed E-state index contributed by atoms with van der Waals surface area (Å²) in [6.45, 7) is 12.6. The SMILES string of the molecule is Cc1[nH]nc(Nc2ncnc3cc(OCCCN4CCN(C5=NC=C(C(N)=O)CN5c5cccc6c5CN([C@H]5CCC(=O)NC5=O)C6=O)CC4)c(S(=O)(=O)C(C)(C)C)cc23)c1C. The first-order valence-electron chi connectivity index (χ1n) is 20.5. The second-order valence-corrected chi connectivity index (χ2v) is 19.5. The first-order valence-corrected chi connectivity index (χ1v) is 22.0. The summed E-state index contributed by atoms with van der Waals surface area (Å²) in [5.74, 6) is 0.0918. The molecular weight excluding hydrogens is 817 g/mol. The van der Waals surface area contributed by atoms with E-state index < -0.39 is 32.4 Å². The summed E-state index contributed by atoms with van der Waals surface area (Å²) in [4.78, 5) is 72.1. The van der Waals surface area contributed by atoms with Crippen LogP contribution in [-0.2, 0) is 30.8 Å². The van der Waals surface area contributed by atoms with Crippen LogP contribution in [0.1, 0.15) is 67.2 Å². The van der Waals surface area contributed by atoms with E-state index in [1.54, 1.807) is 45.0 Å². The maximum Gasteiger partial charge on any atom is 0.255 e. The van der Waals surface area contributed by atoms with E-state index in [2.05, 4.69) is 40.6 Å². The Morgan fingerprint density at radius 2 is 1.81 bits per heavy atom. The second kappa shape index (κ2) is 16.5. The van der Waals surface area contributed by atoms with Gasteiger partial charge in [0.2, 0.25) is 23.7 Å². The van der Waals surface area contributed by atoms with Gasteiger partial charge in [0.05, 0.1) is 29.0 Å². The fraction of sp³-hybridized carbons (Fsp3) is 0.429. The minimum absolute atomic E-state index is 0.0577. The number of carbonyl (C=O) groups is 4. The van der Waals surface area contributed by atoms with E-state index in [1.165, 1.54) is 17.4 Å². The van der Waals surface area contributed by atoms with Crippen molar-refractivity contribution in [2.75, 3.05) is 56.1 Å². The van der Waals surface area contributed by atoms with E-state index in [9.17, 15) is 27.6 Å². The number of rotatable bonds is 11. The molecule has 4 aliphatic heterocycles. The van der Waals surface area contributed by atoms with Gasteiger partial charge in [-0.1, -0.05) is 6.07 Å². The molecule has 4 aromatic rings. The lowest BCUT2D eigenvalue weighted by molar-refractivity contribution is -0.137. The summed E-state index contributed by atoms with van der Waals surface area (Å²) in [7, 11) is -3.86. The molecule has 0 saturated carbocycles. The van der Waals surface area contributed by atoms with Crippen molar-refractivity contribution in [3.8, 4) is 5.75 Å². The topological polar surface area (TPSA) is 242 Å². The summed E-state index contributed by atoms with van der Waals surface area (Å²) < 4.78 is 33.1. The Hall–Kier alpha value is -6.41. The first kappa shape index (κ1) is 42.3. The number of aromatic amines is 1. The van der Waals surface area contributed by atoms with Crippen LogP contribution in [0.4, 0.5) is 17.3 Å². The largest absolute Gasteiger partial charge is 0.492 e. The van der Waals surface area contributed by atoms with E-state index in [0.717, 1.165) is 11.3 Å². The van der Waals surface area contributed by atoms with Gasteiger partial charge in [-0.2, -0.15) is 5.10 Å². The van der Waals surface area contributed by atoms with Crippen LogP contribution in [0.25, 0.3) is 10.9 Å². The van der Waals surface area contributed by atoms with Gasteiger partial charge >= 0.3 is 0 Å². The minimum atomic E-state index is -3.86. The van der Waals surface area contributed by atoms with E-state index in [1.807, 2.05) is 24.8 Å². The number of ether oxygens (including phenoxy) is 1. The van der Waals surface area contributed by atoms with Gasteiger partial charge in [0.1, 0.15) is 28.8 Å². The third kappa shape index (κ3) is 7.94. The zero-order chi connectivity index (χ0) is 44.1. The molecule has 20 heteroatoms. The molecule has 2 aromatic carbocycles. The highest BCUT2D eigenvalue weighted by Crippen LogP contribution is 2.38. The van der Waals surface area contributed by atoms with Crippen LogP contribution in [-0.4, -0.2) is 130 Å². The highest BCUT2D eigenvalue weighted by molar-refractivity contribution is 7.92. The zero-order valence-corrected chi connectivity index (χ0v) is 36.1. The number of hydrogen-bond donors (Lipinski definition) is 4. The standard InChI is InChI=1S/C42H50N12O7S/c1-24-25(2)49-50-37(24)48-38-28-18-34(62(59,60)42(3,4)5)33(19-30(28)45-23-46-38)61-17-7-12-51-13-15-52(16-14-51)41-44-20-26(36(43)56)21-54(41)31-9-6-8-27-29(31)22-53(40(27)58)32-10-11-35(55)47-39(32)57/h6,8-9,18-20,23,32H,7,10-17,21-22H2,1-5H3,(H2,43,56)(H,47,55,57)(H2,45,46,48,49,50)/t32-/m0/s1. The predicted molar refractivity (Wildman–Crippen MR) is 230 cm³/mol. The van der Waals surface area contributed by atoms with Crippen LogP contribution in [0, 0.1) is 13.8 Å². The van der Waals surface area contributed by atoms with Crippen molar-refractivity contribution in [1.29, 1.82) is 0 Å². The average Bonchev–Trinajstić information content (AvgIpc) is 3.74. The fourth-order valence-corrected chi connectivity index (χ4v) is 9.39. The molecule has 2 saturated heterocycles. The lowest BCUT2D eigenvalue weighted by atomic mass is 10.0. The Balaban J connectivity index is 0.943. The number of aryl methyl sites for hydroxylation is 1. The molecule has 4 aliphatic rings. The number of carbonyl (C=O) groups excluding carboxylic acids is 4. The number of piperidine rings is 1. The van der Waals surface area contributed by atoms with Gasteiger partial charge in [-0.3, -0.25) is 34.5 Å². The number of fused-ring (bicyclic) bond motifs is 2. The summed E-state index contributed by atoms with van der Waals surface area (Å²) >= 11 is 0. The van der Waals surface area contributed by atoms with Crippen molar-refractivity contribution < 1.29 is 32.3 Å². The van der Waals surface area contributed by atoms with Gasteiger partial charge in [-0.15, -0.1) is 0 Å². The van der Waals surface area contributed by atoms with Gasteiger partial charge < -0.3 is 30.5 Å². The Morgan fingerprint density at radius 1 is 1.03 bits per heavy atom. The summed E-state index contributed by atoms with van der Waals surface area (Å²) in [5.41, 5.74) is 10.2. The summed E-state index contributed by atoms with van der Waals surface area (Å²) in [5, 5.41) is 13.4. The van der Waals surface area contributed by atoms with Gasteiger partial charge in [0.15, 0.2) is 15.7 Å². The molecule has 8 rings (SSSR count). The number of hydrogen-bond acceptors (Lipinski definition) is 15. The number of aliphatic imine (C=N–C) groups is 1. The van der Waals surface area contributed by atoms with E-state index >= 15 is 0 Å². The molecule has 4 amide bonds. The molecule has 2 fully saturated rings. The van der Waals surface area contributed by atoms with E-state index in [4.69, 9.17) is 15.5 Å². The molecule has 0 unspecified atom stereocenters. The Labute approximate surface area is 358 Å². The van der Waals surface area contributed by atoms with Crippen LogP contribution >= 0.6 is 0 Å². The lowest BCUT2D eigenvalue weighted by Crippen LogP contribution is -2.55. The number of nitrogens with two attached hydrogens (primary N) is 1. The molecule has 0 radical (unpaired) electrons. The van der Waals surface area contributed by atoms with Gasteiger partial charge in [0.25, 0.3) is 5.91 Å². The summed E-state index contributed by atoms with van der Waals surface area (Å²) in [6, 6.07) is 7.82. The number of nitrogens with zero attached hydrogens (tertiary/aromatic N) is 8. The molecule has 0 bridgehead atoms. The number of nitrogens with one attached hydrogen (secondary N) is 3. The smallest absolute Gasteiger partial charge is 0.255 e. The molecular formula is C42H50N12O7S. The monoisotopic (exact) mass is 866 g/mol. The Morgan fingerprint density at radius 3 is 2.50 bits per heavy atom. The first-order chi connectivity index (χ1) is 29.5. The maximum absolute atomic E-state index is 14.0. The quantitative estimate of drug-likeness (QED) is 0.125. The highest BCUT2D eigenvalue weighted by atomic mass is 32.2. The van der Waals surface area contributed by atoms with Crippen molar-refractivity contribution in [3.63, 3.8) is 0 Å². The normalized spacial score (nSPS) is 18.8. The molecule has 62 heavy (non-hydrogen) atoms. The molecule has 0 spiro atoms. The molecule has 5 N–H and O–H groups in total. The molecule has 326 valence electrons. The molecule has 2 aromatic heterocycles. The van der Waals surface area contributed by atoms with Crippen molar-refractivity contribution in [1.82, 2.24) is 40.2 Å². The Bertz CT molecular complexity index is 2660. The zero-order valence-electron chi connectivity index (χ0n) is 35.3. The van der Waals surface area contributed by atoms with Crippen LogP contribution in [0.5, 0.6) is 5.75 Å². The number of H-pyrrole nitrogens is 1. The third-order valence-corrected chi connectivity index (χ3v) is 14.4. The van der Waals surface area contributed by atoms with Crippen molar-refractivity contribution in [2.45, 2.75) is 76.1 Å². The van der Waals surface area contributed by atoms with Crippen LogP contribution in [0.3, 0.4) is 0 Å². The van der Waals surface area contributed by atoms with Gasteiger partial charge in [-0.05, 0) is 65.7 Å². The number of aromatic nitrogens is 4. The van der Waals surface area contributed by atoms with E-state index in [0.29, 0.717) is 90.0 Å². The number of anilines is 3. The molecule has 0 aliphatic carbocycles. The number of sulfone groups is 1. The van der Waals surface area contributed by atoms with Gasteiger partial charge in [-0.25, -0.2) is 23.4 Å². The lowest BCUT2D eigenvalue weighted by Gasteiger charge is -2.41. The highest BCUT2D eigenvalue weighted by Gasteiger charge is 2.41. The fourth-order valence-electron chi connectivity index (χ4n) is 8.07. The number of benzene rings is 2. The number of piperazine rings is 1. The molecule has 6 heterocycles. The van der Waals surface area contributed by atoms with Crippen molar-refractivity contribution in [2.24, 2.45) is 10.7 Å². The maximum atomic E-state index is 14.0. The Kier molecular flexibility index (Phi) is 11.2. The van der Waals surface area contributed by atoms with Gasteiger partial charge in [0, 0.05) is 91.4 Å². The predicted octanol–water partition coefficient (Wildman–Crippen LogP) is 2.68. The third-order valence-electron chi connectivity index (χ3n) is 11.9. The number of amides is 4. The number of guanidine groups is 1. The van der Waals surface area contributed by atoms with Crippen molar-refractivity contribution in [3.05, 3.63) is 70.8 Å².